The van der Waals surface area contributed by atoms with Crippen LogP contribution in [0.15, 0.2) is 36.4 Å². The average molecular weight is 305 g/mol. The lowest BCUT2D eigenvalue weighted by molar-refractivity contribution is 0.0669. The number of hydrogen-bond donors (Lipinski definition) is 1. The molecule has 2 aromatic rings. The normalized spacial score (nSPS) is 21.6. The van der Waals surface area contributed by atoms with Gasteiger partial charge in [-0.1, -0.05) is 23.7 Å². The number of nitrogens with zero attached hydrogens (tertiary/aromatic N) is 1. The predicted octanol–water partition coefficient (Wildman–Crippen LogP) is 4.13. The van der Waals surface area contributed by atoms with Crippen LogP contribution in [0, 0.1) is 0 Å². The van der Waals surface area contributed by atoms with Crippen molar-refractivity contribution in [2.75, 3.05) is 5.32 Å². The minimum Gasteiger partial charge on any atom is -0.360 e. The maximum absolute atomic E-state index is 12.7. The number of benzene rings is 1. The highest BCUT2D eigenvalue weighted by molar-refractivity contribution is 7.16. The van der Waals surface area contributed by atoms with E-state index in [-0.39, 0.29) is 12.1 Å². The number of carbonyl (C=O) groups excluding carboxylic acids is 1. The lowest BCUT2D eigenvalue weighted by Gasteiger charge is -2.37. The number of anilines is 1. The molecule has 3 nitrogen and oxygen atoms in total. The molecule has 0 spiro atoms. The van der Waals surface area contributed by atoms with Gasteiger partial charge in [0.1, 0.15) is 6.17 Å². The zero-order chi connectivity index (χ0) is 13.7. The lowest BCUT2D eigenvalue weighted by Crippen LogP contribution is -2.43. The van der Waals surface area contributed by atoms with Crippen LogP contribution >= 0.6 is 22.9 Å². The molecule has 0 saturated heterocycles. The van der Waals surface area contributed by atoms with Gasteiger partial charge in [0.25, 0.3) is 5.91 Å². The van der Waals surface area contributed by atoms with Gasteiger partial charge in [-0.25, -0.2) is 0 Å². The smallest absolute Gasteiger partial charge is 0.258 e. The van der Waals surface area contributed by atoms with E-state index in [1.807, 2.05) is 41.3 Å². The predicted molar refractivity (Wildman–Crippen MR) is 81.3 cm³/mol. The third-order valence-electron chi connectivity index (χ3n) is 3.77. The minimum atomic E-state index is -0.0950. The Morgan fingerprint density at radius 1 is 1.20 bits per heavy atom. The fourth-order valence-electron chi connectivity index (χ4n) is 2.68. The first-order valence-electron chi connectivity index (χ1n) is 6.67. The molecule has 20 heavy (non-hydrogen) atoms. The summed E-state index contributed by atoms with van der Waals surface area (Å²) in [5.74, 6) is 0.122. The molecule has 4 rings (SSSR count). The van der Waals surface area contributed by atoms with E-state index in [0.717, 1.165) is 33.3 Å². The van der Waals surface area contributed by atoms with Crippen LogP contribution in [0.1, 0.15) is 34.2 Å². The zero-order valence-corrected chi connectivity index (χ0v) is 12.2. The Hall–Kier alpha value is -1.52. The highest BCUT2D eigenvalue weighted by Crippen LogP contribution is 2.42. The van der Waals surface area contributed by atoms with E-state index in [1.54, 1.807) is 0 Å². The number of thiophene rings is 1. The van der Waals surface area contributed by atoms with Crippen LogP contribution in [0.3, 0.4) is 0 Å². The van der Waals surface area contributed by atoms with Gasteiger partial charge in [-0.15, -0.1) is 11.3 Å². The van der Waals surface area contributed by atoms with E-state index in [9.17, 15) is 4.79 Å². The number of rotatable bonds is 2. The van der Waals surface area contributed by atoms with Gasteiger partial charge in [-0.2, -0.15) is 0 Å². The van der Waals surface area contributed by atoms with Crippen LogP contribution in [-0.4, -0.2) is 16.8 Å². The molecule has 1 aliphatic heterocycles. The largest absolute Gasteiger partial charge is 0.360 e. The van der Waals surface area contributed by atoms with Crippen molar-refractivity contribution < 1.29 is 4.79 Å². The van der Waals surface area contributed by atoms with Crippen LogP contribution < -0.4 is 5.32 Å². The Kier molecular flexibility index (Phi) is 2.75. The summed E-state index contributed by atoms with van der Waals surface area (Å²) in [5.41, 5.74) is 1.67. The Bertz CT molecular complexity index is 680. The first-order chi connectivity index (χ1) is 9.74. The van der Waals surface area contributed by atoms with Crippen molar-refractivity contribution in [3.05, 3.63) is 51.2 Å². The quantitative estimate of drug-likeness (QED) is 0.904. The van der Waals surface area contributed by atoms with Crippen molar-refractivity contribution in [2.45, 2.75) is 25.0 Å². The van der Waals surface area contributed by atoms with Gasteiger partial charge in [0.15, 0.2) is 0 Å². The number of halogens is 1. The molecular weight excluding hydrogens is 292 g/mol. The monoisotopic (exact) mass is 304 g/mol. The number of amides is 1. The van der Waals surface area contributed by atoms with E-state index < -0.39 is 0 Å². The maximum Gasteiger partial charge on any atom is 0.258 e. The van der Waals surface area contributed by atoms with E-state index in [0.29, 0.717) is 6.04 Å². The van der Waals surface area contributed by atoms with E-state index in [2.05, 4.69) is 5.32 Å². The topological polar surface area (TPSA) is 32.3 Å². The molecule has 1 unspecified atom stereocenters. The standard InChI is InChI=1S/C15H13ClN2OS/c16-13-8-7-12(20-13)14-17-11-4-2-1-3-10(11)15(19)18(14)9-5-6-9/h1-4,7-9,14,17H,5-6H2. The van der Waals surface area contributed by atoms with Crippen LogP contribution in [0.25, 0.3) is 0 Å². The molecule has 5 heteroatoms. The molecule has 1 amide bonds. The highest BCUT2D eigenvalue weighted by atomic mass is 35.5. The van der Waals surface area contributed by atoms with Crippen molar-refractivity contribution in [1.29, 1.82) is 0 Å². The van der Waals surface area contributed by atoms with E-state index in [4.69, 9.17) is 11.6 Å². The van der Waals surface area contributed by atoms with Crippen molar-refractivity contribution in [1.82, 2.24) is 4.90 Å². The summed E-state index contributed by atoms with van der Waals surface area (Å²) in [6, 6.07) is 11.9. The molecule has 1 fully saturated rings. The SMILES string of the molecule is O=C1c2ccccc2NC(c2ccc(Cl)s2)N1C1CC1. The number of carbonyl (C=O) groups is 1. The molecule has 1 saturated carbocycles. The van der Waals surface area contributed by atoms with E-state index in [1.165, 1.54) is 11.3 Å². The van der Waals surface area contributed by atoms with Gasteiger partial charge in [-0.05, 0) is 37.1 Å². The minimum absolute atomic E-state index is 0.0950. The molecule has 102 valence electrons. The number of para-hydroxylation sites is 1. The lowest BCUT2D eigenvalue weighted by atomic mass is 10.1. The Labute approximate surface area is 126 Å². The molecule has 0 radical (unpaired) electrons. The molecule has 1 N–H and O–H groups in total. The fraction of sp³-hybridized carbons (Fsp3) is 0.267. The Balaban J connectivity index is 1.80. The summed E-state index contributed by atoms with van der Waals surface area (Å²) in [4.78, 5) is 15.8. The molecule has 1 aromatic heterocycles. The average Bonchev–Trinajstić information content (AvgIpc) is 3.20. The Morgan fingerprint density at radius 2 is 2.00 bits per heavy atom. The van der Waals surface area contributed by atoms with Gasteiger partial charge in [0.05, 0.1) is 9.90 Å². The summed E-state index contributed by atoms with van der Waals surface area (Å²) >= 11 is 7.58. The van der Waals surface area contributed by atoms with Crippen LogP contribution in [0.5, 0.6) is 0 Å². The van der Waals surface area contributed by atoms with Crippen molar-refractivity contribution in [3.8, 4) is 0 Å². The van der Waals surface area contributed by atoms with Crippen molar-refractivity contribution >= 4 is 34.5 Å². The third-order valence-corrected chi connectivity index (χ3v) is 5.05. The summed E-state index contributed by atoms with van der Waals surface area (Å²) in [7, 11) is 0. The summed E-state index contributed by atoms with van der Waals surface area (Å²) in [6.45, 7) is 0. The zero-order valence-electron chi connectivity index (χ0n) is 10.7. The van der Waals surface area contributed by atoms with Gasteiger partial charge >= 0.3 is 0 Å². The van der Waals surface area contributed by atoms with E-state index >= 15 is 0 Å². The fourth-order valence-corrected chi connectivity index (χ4v) is 3.79. The molecule has 2 heterocycles. The molecule has 2 aliphatic rings. The van der Waals surface area contributed by atoms with Crippen LogP contribution in [0.4, 0.5) is 5.69 Å². The van der Waals surface area contributed by atoms with Crippen molar-refractivity contribution in [2.24, 2.45) is 0 Å². The first-order valence-corrected chi connectivity index (χ1v) is 7.87. The first kappa shape index (κ1) is 12.2. The number of hydrogen-bond acceptors (Lipinski definition) is 3. The Morgan fingerprint density at radius 3 is 2.70 bits per heavy atom. The second-order valence-electron chi connectivity index (χ2n) is 5.18. The second kappa shape index (κ2) is 4.50. The summed E-state index contributed by atoms with van der Waals surface area (Å²) in [5, 5.41) is 3.49. The molecule has 1 aromatic carbocycles. The van der Waals surface area contributed by atoms with Gasteiger partial charge in [-0.3, -0.25) is 4.79 Å². The summed E-state index contributed by atoms with van der Waals surface area (Å²) < 4.78 is 0.754. The molecule has 1 atom stereocenters. The van der Waals surface area contributed by atoms with Crippen LogP contribution in [-0.2, 0) is 0 Å². The van der Waals surface area contributed by atoms with Crippen LogP contribution in [0.2, 0.25) is 4.34 Å². The molecule has 1 aliphatic carbocycles. The highest BCUT2D eigenvalue weighted by Gasteiger charge is 2.42. The second-order valence-corrected chi connectivity index (χ2v) is 6.92. The van der Waals surface area contributed by atoms with Crippen molar-refractivity contribution in [3.63, 3.8) is 0 Å². The molecule has 0 bridgehead atoms. The van der Waals surface area contributed by atoms with Gasteiger partial charge in [0, 0.05) is 16.6 Å². The van der Waals surface area contributed by atoms with Gasteiger partial charge in [0.2, 0.25) is 0 Å². The summed E-state index contributed by atoms with van der Waals surface area (Å²) in [6.07, 6.45) is 2.08. The molecular formula is C15H13ClN2OS. The maximum atomic E-state index is 12.7. The third kappa shape index (κ3) is 1.91. The number of fused-ring (bicyclic) bond motifs is 1. The van der Waals surface area contributed by atoms with Gasteiger partial charge < -0.3 is 10.2 Å². The number of nitrogens with one attached hydrogen (secondary N) is 1.